The Morgan fingerprint density at radius 2 is 1.52 bits per heavy atom. The Morgan fingerprint density at radius 1 is 0.897 bits per heavy atom. The minimum Gasteiger partial charge on any atom is -0.320 e. The van der Waals surface area contributed by atoms with Crippen LogP contribution in [0.25, 0.3) is 27.6 Å². The van der Waals surface area contributed by atoms with Gasteiger partial charge in [0.25, 0.3) is 5.91 Å². The zero-order valence-corrected chi connectivity index (χ0v) is 16.6. The molecule has 0 saturated heterocycles. The second-order valence-electron chi connectivity index (χ2n) is 6.46. The highest BCUT2D eigenvalue weighted by Gasteiger charge is 2.14. The van der Waals surface area contributed by atoms with Crippen molar-refractivity contribution in [3.8, 4) is 6.07 Å². The monoisotopic (exact) mass is 416 g/mol. The van der Waals surface area contributed by atoms with Crippen molar-refractivity contribution in [2.45, 2.75) is 0 Å². The molecule has 0 saturated carbocycles. The van der Waals surface area contributed by atoms with Crippen molar-refractivity contribution in [1.29, 1.82) is 5.26 Å². The fourth-order valence-electron chi connectivity index (χ4n) is 3.29. The van der Waals surface area contributed by atoms with Gasteiger partial charge < -0.3 is 5.32 Å². The van der Waals surface area contributed by atoms with Gasteiger partial charge in [0.05, 0.1) is 15.7 Å². The Morgan fingerprint density at radius 3 is 2.14 bits per heavy atom. The van der Waals surface area contributed by atoms with Gasteiger partial charge >= 0.3 is 0 Å². The fraction of sp³-hybridized carbons (Fsp3) is 0. The summed E-state index contributed by atoms with van der Waals surface area (Å²) in [5.41, 5.74) is 1.15. The van der Waals surface area contributed by atoms with Gasteiger partial charge in [0.1, 0.15) is 11.6 Å². The number of hydrogen-bond acceptors (Lipinski definition) is 2. The molecule has 1 amide bonds. The van der Waals surface area contributed by atoms with Crippen LogP contribution >= 0.6 is 23.2 Å². The molecular formula is C24H14Cl2N2O. The number of nitrogens with one attached hydrogen (secondary N) is 1. The van der Waals surface area contributed by atoms with Crippen molar-refractivity contribution >= 4 is 62.4 Å². The van der Waals surface area contributed by atoms with Gasteiger partial charge in [-0.2, -0.15) is 5.26 Å². The SMILES string of the molecule is N#C/C(=C\c1c2ccccc2cc2ccccc12)C(=O)Nc1cccc(Cl)c1Cl. The molecular weight excluding hydrogens is 403 g/mol. The van der Waals surface area contributed by atoms with Crippen molar-refractivity contribution < 1.29 is 4.79 Å². The van der Waals surface area contributed by atoms with Gasteiger partial charge in [0, 0.05) is 0 Å². The van der Waals surface area contributed by atoms with Crippen LogP contribution in [-0.4, -0.2) is 5.91 Å². The molecule has 1 N–H and O–H groups in total. The molecule has 3 nitrogen and oxygen atoms in total. The van der Waals surface area contributed by atoms with E-state index in [1.807, 2.05) is 54.6 Å². The van der Waals surface area contributed by atoms with Crippen molar-refractivity contribution in [2.24, 2.45) is 0 Å². The van der Waals surface area contributed by atoms with Crippen LogP contribution in [0.2, 0.25) is 10.0 Å². The smallest absolute Gasteiger partial charge is 0.266 e. The molecule has 0 spiro atoms. The lowest BCUT2D eigenvalue weighted by molar-refractivity contribution is -0.112. The van der Waals surface area contributed by atoms with E-state index in [0.29, 0.717) is 10.7 Å². The normalized spacial score (nSPS) is 11.4. The average molecular weight is 417 g/mol. The highest BCUT2D eigenvalue weighted by atomic mass is 35.5. The first-order valence-electron chi connectivity index (χ1n) is 8.86. The number of halogens is 2. The van der Waals surface area contributed by atoms with E-state index in [4.69, 9.17) is 23.2 Å². The van der Waals surface area contributed by atoms with Gasteiger partial charge in [0.15, 0.2) is 0 Å². The molecule has 29 heavy (non-hydrogen) atoms. The van der Waals surface area contributed by atoms with Gasteiger partial charge in [-0.25, -0.2) is 0 Å². The van der Waals surface area contributed by atoms with Crippen LogP contribution in [0.5, 0.6) is 0 Å². The minimum atomic E-state index is -0.548. The molecule has 0 fully saturated rings. The lowest BCUT2D eigenvalue weighted by Gasteiger charge is -2.10. The van der Waals surface area contributed by atoms with Gasteiger partial charge in [-0.05, 0) is 51.4 Å². The molecule has 4 aromatic rings. The largest absolute Gasteiger partial charge is 0.320 e. The summed E-state index contributed by atoms with van der Waals surface area (Å²) in [7, 11) is 0. The van der Waals surface area contributed by atoms with Crippen LogP contribution < -0.4 is 5.32 Å². The zero-order chi connectivity index (χ0) is 20.4. The molecule has 0 aliphatic rings. The molecule has 0 unspecified atom stereocenters. The highest BCUT2D eigenvalue weighted by molar-refractivity contribution is 6.44. The Kier molecular flexibility index (Phi) is 5.22. The summed E-state index contributed by atoms with van der Waals surface area (Å²) in [6.45, 7) is 0. The summed E-state index contributed by atoms with van der Waals surface area (Å²) in [6.07, 6.45) is 1.62. The fourth-order valence-corrected chi connectivity index (χ4v) is 3.64. The van der Waals surface area contributed by atoms with Crippen molar-refractivity contribution in [3.63, 3.8) is 0 Å². The third kappa shape index (κ3) is 3.69. The summed E-state index contributed by atoms with van der Waals surface area (Å²) < 4.78 is 0. The molecule has 0 bridgehead atoms. The van der Waals surface area contributed by atoms with E-state index in [9.17, 15) is 10.1 Å². The summed E-state index contributed by atoms with van der Waals surface area (Å²) in [5.74, 6) is -0.548. The van der Waals surface area contributed by atoms with E-state index in [0.717, 1.165) is 27.1 Å². The maximum atomic E-state index is 12.8. The lowest BCUT2D eigenvalue weighted by atomic mass is 9.95. The van der Waals surface area contributed by atoms with E-state index in [2.05, 4.69) is 11.4 Å². The van der Waals surface area contributed by atoms with Crippen LogP contribution in [0.3, 0.4) is 0 Å². The van der Waals surface area contributed by atoms with Crippen LogP contribution in [0.4, 0.5) is 5.69 Å². The standard InChI is InChI=1S/C24H14Cl2N2O/c25-21-10-5-11-22(23(21)26)28-24(29)17(14-27)13-20-18-8-3-1-6-15(18)12-16-7-2-4-9-19(16)20/h1-13H,(H,28,29)/b17-13+. The molecule has 5 heteroatoms. The number of amides is 1. The number of nitriles is 1. The number of anilines is 1. The number of hydrogen-bond donors (Lipinski definition) is 1. The van der Waals surface area contributed by atoms with E-state index < -0.39 is 5.91 Å². The maximum absolute atomic E-state index is 12.8. The number of carbonyl (C=O) groups excluding carboxylic acids is 1. The van der Waals surface area contributed by atoms with Crippen LogP contribution in [-0.2, 0) is 4.79 Å². The molecule has 0 aliphatic carbocycles. The van der Waals surface area contributed by atoms with Crippen molar-refractivity contribution in [3.05, 3.63) is 94.0 Å². The van der Waals surface area contributed by atoms with Gasteiger partial charge in [-0.3, -0.25) is 4.79 Å². The number of benzene rings is 4. The first kappa shape index (κ1) is 19.0. The lowest BCUT2D eigenvalue weighted by Crippen LogP contribution is -2.13. The van der Waals surface area contributed by atoms with Crippen LogP contribution in [0.15, 0.2) is 78.4 Å². The molecule has 140 valence electrons. The van der Waals surface area contributed by atoms with E-state index in [-0.39, 0.29) is 10.6 Å². The zero-order valence-electron chi connectivity index (χ0n) is 15.1. The van der Waals surface area contributed by atoms with Gasteiger partial charge in [-0.1, -0.05) is 77.8 Å². The second kappa shape index (κ2) is 7.97. The number of fused-ring (bicyclic) bond motifs is 2. The first-order valence-corrected chi connectivity index (χ1v) is 9.62. The van der Waals surface area contributed by atoms with E-state index in [1.165, 1.54) is 0 Å². The molecule has 0 heterocycles. The molecule has 0 aliphatic heterocycles. The molecule has 4 rings (SSSR count). The van der Waals surface area contributed by atoms with Crippen molar-refractivity contribution in [1.82, 2.24) is 0 Å². The third-order valence-electron chi connectivity index (χ3n) is 4.67. The highest BCUT2D eigenvalue weighted by Crippen LogP contribution is 2.32. The minimum absolute atomic E-state index is 0.0254. The second-order valence-corrected chi connectivity index (χ2v) is 7.24. The number of nitrogens with zero attached hydrogens (tertiary/aromatic N) is 1. The molecule has 0 aromatic heterocycles. The summed E-state index contributed by atoms with van der Waals surface area (Å²) >= 11 is 12.2. The third-order valence-corrected chi connectivity index (χ3v) is 5.49. The Bertz CT molecular complexity index is 1280. The Labute approximate surface area is 177 Å². The van der Waals surface area contributed by atoms with Gasteiger partial charge in [-0.15, -0.1) is 0 Å². The summed E-state index contributed by atoms with van der Waals surface area (Å²) in [4.78, 5) is 12.8. The molecule has 4 aromatic carbocycles. The van der Waals surface area contributed by atoms with Crippen molar-refractivity contribution in [2.75, 3.05) is 5.32 Å². The summed E-state index contributed by atoms with van der Waals surface area (Å²) in [6, 6.07) is 24.8. The molecule has 0 radical (unpaired) electrons. The van der Waals surface area contributed by atoms with E-state index in [1.54, 1.807) is 24.3 Å². The predicted molar refractivity (Wildman–Crippen MR) is 120 cm³/mol. The summed E-state index contributed by atoms with van der Waals surface area (Å²) in [5, 5.41) is 16.9. The average Bonchev–Trinajstić information content (AvgIpc) is 2.74. The number of rotatable bonds is 3. The quantitative estimate of drug-likeness (QED) is 0.225. The Hall–Kier alpha value is -3.32. The topological polar surface area (TPSA) is 52.9 Å². The first-order chi connectivity index (χ1) is 14.1. The number of carbonyl (C=O) groups is 1. The predicted octanol–water partition coefficient (Wildman–Crippen LogP) is 6.85. The van der Waals surface area contributed by atoms with Crippen LogP contribution in [0, 0.1) is 11.3 Å². The van der Waals surface area contributed by atoms with Gasteiger partial charge in [0.2, 0.25) is 0 Å². The van der Waals surface area contributed by atoms with E-state index >= 15 is 0 Å². The molecule has 0 atom stereocenters. The Balaban J connectivity index is 1.84. The van der Waals surface area contributed by atoms with Crippen LogP contribution in [0.1, 0.15) is 5.56 Å². The maximum Gasteiger partial charge on any atom is 0.266 e.